The number of nitro benzene ring substituents is 1. The van der Waals surface area contributed by atoms with Crippen molar-refractivity contribution in [2.75, 3.05) is 27.2 Å². The lowest BCUT2D eigenvalue weighted by atomic mass is 10.2. The molecule has 0 radical (unpaired) electrons. The summed E-state index contributed by atoms with van der Waals surface area (Å²) in [5, 5.41) is 10.5. The molecule has 0 bridgehead atoms. The number of nitrogens with zero attached hydrogens (tertiary/aromatic N) is 1. The molecule has 0 fully saturated rings. The largest absolute Gasteiger partial charge is 0.456 e. The molecule has 0 aromatic heterocycles. The number of esters is 1. The molecule has 92 valence electrons. The van der Waals surface area contributed by atoms with Crippen LogP contribution in [-0.2, 0) is 4.74 Å². The van der Waals surface area contributed by atoms with E-state index in [-0.39, 0.29) is 11.3 Å². The monoisotopic (exact) mass is 239 g/mol. The summed E-state index contributed by atoms with van der Waals surface area (Å²) < 4.78 is 4.99. The third kappa shape index (κ3) is 4.20. The molecule has 6 heteroatoms. The summed E-state index contributed by atoms with van der Waals surface area (Å²) >= 11 is 0. The van der Waals surface area contributed by atoms with E-state index in [0.29, 0.717) is 13.2 Å². The van der Waals surface area contributed by atoms with Crippen LogP contribution >= 0.6 is 0 Å². The number of hydrogen-bond donors (Lipinski definition) is 1. The van der Waals surface area contributed by atoms with Crippen LogP contribution in [0.5, 0.6) is 0 Å². The Hall–Kier alpha value is -1.95. The SMILES string of the molecule is C[NH+](C)CCOC(=O)c1cccc([N+](=O)[O-])c1. The topological polar surface area (TPSA) is 73.9 Å². The number of quaternary nitrogens is 1. The first kappa shape index (κ1) is 13.1. The van der Waals surface area contributed by atoms with E-state index in [9.17, 15) is 14.9 Å². The minimum atomic E-state index is -0.541. The van der Waals surface area contributed by atoms with Gasteiger partial charge < -0.3 is 9.64 Å². The van der Waals surface area contributed by atoms with Crippen LogP contribution in [-0.4, -0.2) is 38.1 Å². The van der Waals surface area contributed by atoms with Crippen molar-refractivity contribution >= 4 is 11.7 Å². The maximum Gasteiger partial charge on any atom is 0.338 e. The van der Waals surface area contributed by atoms with Gasteiger partial charge in [0.2, 0.25) is 0 Å². The lowest BCUT2D eigenvalue weighted by Gasteiger charge is -2.07. The zero-order valence-electron chi connectivity index (χ0n) is 9.80. The zero-order valence-corrected chi connectivity index (χ0v) is 9.80. The molecule has 6 nitrogen and oxygen atoms in total. The molecular weight excluding hydrogens is 224 g/mol. The smallest absolute Gasteiger partial charge is 0.338 e. The van der Waals surface area contributed by atoms with Crippen LogP contribution in [0.2, 0.25) is 0 Å². The minimum Gasteiger partial charge on any atom is -0.456 e. The summed E-state index contributed by atoms with van der Waals surface area (Å²) in [4.78, 5) is 22.7. The van der Waals surface area contributed by atoms with Gasteiger partial charge in [0.1, 0.15) is 13.2 Å². The van der Waals surface area contributed by atoms with E-state index >= 15 is 0 Å². The van der Waals surface area contributed by atoms with Crippen LogP contribution in [0, 0.1) is 10.1 Å². The Morgan fingerprint density at radius 1 is 1.47 bits per heavy atom. The molecule has 0 aliphatic carbocycles. The van der Waals surface area contributed by atoms with Gasteiger partial charge in [0.05, 0.1) is 24.6 Å². The van der Waals surface area contributed by atoms with Gasteiger partial charge >= 0.3 is 5.97 Å². The molecule has 0 unspecified atom stereocenters. The minimum absolute atomic E-state index is 0.113. The summed E-state index contributed by atoms with van der Waals surface area (Å²) in [6.07, 6.45) is 0. The summed E-state index contributed by atoms with van der Waals surface area (Å²) in [7, 11) is 3.89. The fraction of sp³-hybridized carbons (Fsp3) is 0.364. The number of carbonyl (C=O) groups is 1. The number of likely N-dealkylation sites (N-methyl/N-ethyl adjacent to an activating group) is 1. The molecule has 0 aliphatic rings. The Labute approximate surface area is 98.9 Å². The molecule has 0 amide bonds. The summed E-state index contributed by atoms with van der Waals surface area (Å²) in [5.74, 6) is -0.532. The van der Waals surface area contributed by atoms with Gasteiger partial charge in [-0.2, -0.15) is 0 Å². The van der Waals surface area contributed by atoms with Crippen molar-refractivity contribution in [3.63, 3.8) is 0 Å². The second-order valence-electron chi connectivity index (χ2n) is 3.90. The van der Waals surface area contributed by atoms with Gasteiger partial charge in [-0.1, -0.05) is 6.07 Å². The number of non-ortho nitro benzene ring substituents is 1. The molecule has 1 aromatic carbocycles. The predicted octanol–water partition coefficient (Wildman–Crippen LogP) is -0.104. The average molecular weight is 239 g/mol. The Balaban J connectivity index is 2.63. The number of rotatable bonds is 5. The highest BCUT2D eigenvalue weighted by Crippen LogP contribution is 2.13. The third-order valence-electron chi connectivity index (χ3n) is 2.13. The summed E-state index contributed by atoms with van der Waals surface area (Å²) in [6.45, 7) is 0.991. The highest BCUT2D eigenvalue weighted by atomic mass is 16.6. The molecule has 0 aliphatic heterocycles. The predicted molar refractivity (Wildman–Crippen MR) is 61.1 cm³/mol. The Kier molecular flexibility index (Phi) is 4.59. The lowest BCUT2D eigenvalue weighted by Crippen LogP contribution is -3.06. The molecule has 1 N–H and O–H groups in total. The normalized spacial score (nSPS) is 10.3. The van der Waals surface area contributed by atoms with Crippen LogP contribution < -0.4 is 4.90 Å². The number of ether oxygens (including phenoxy) is 1. The fourth-order valence-electron chi connectivity index (χ4n) is 1.18. The number of nitro groups is 1. The van der Waals surface area contributed by atoms with Gasteiger partial charge in [0.15, 0.2) is 0 Å². The second kappa shape index (κ2) is 5.95. The zero-order chi connectivity index (χ0) is 12.8. The summed E-state index contributed by atoms with van der Waals surface area (Å²) in [5.41, 5.74) is 0.0886. The molecule has 1 aromatic rings. The molecule has 0 heterocycles. The maximum atomic E-state index is 11.5. The van der Waals surface area contributed by atoms with Gasteiger partial charge in [-0.05, 0) is 6.07 Å². The molecule has 0 saturated heterocycles. The van der Waals surface area contributed by atoms with Crippen molar-refractivity contribution in [1.82, 2.24) is 0 Å². The molecule has 0 atom stereocenters. The van der Waals surface area contributed by atoms with E-state index in [4.69, 9.17) is 4.74 Å². The molecule has 1 rings (SSSR count). The van der Waals surface area contributed by atoms with Gasteiger partial charge in [0, 0.05) is 12.1 Å². The van der Waals surface area contributed by atoms with E-state index in [1.807, 2.05) is 14.1 Å². The van der Waals surface area contributed by atoms with Crippen molar-refractivity contribution in [3.8, 4) is 0 Å². The van der Waals surface area contributed by atoms with Crippen molar-refractivity contribution < 1.29 is 19.4 Å². The maximum absolute atomic E-state index is 11.5. The standard InChI is InChI=1S/C11H14N2O4/c1-12(2)6-7-17-11(14)9-4-3-5-10(8-9)13(15)16/h3-5,8H,6-7H2,1-2H3/p+1. The van der Waals surface area contributed by atoms with Crippen molar-refractivity contribution in [1.29, 1.82) is 0 Å². The van der Waals surface area contributed by atoms with Crippen LogP contribution in [0.4, 0.5) is 5.69 Å². The number of benzene rings is 1. The molecule has 0 saturated carbocycles. The molecular formula is C11H15N2O4+. The molecule has 17 heavy (non-hydrogen) atoms. The van der Waals surface area contributed by atoms with E-state index in [2.05, 4.69) is 0 Å². The number of hydrogen-bond acceptors (Lipinski definition) is 4. The average Bonchev–Trinajstić information content (AvgIpc) is 2.28. The Morgan fingerprint density at radius 2 is 2.18 bits per heavy atom. The van der Waals surface area contributed by atoms with Gasteiger partial charge in [-0.25, -0.2) is 4.79 Å². The van der Waals surface area contributed by atoms with Crippen molar-refractivity contribution in [3.05, 3.63) is 39.9 Å². The summed E-state index contributed by atoms with van der Waals surface area (Å²) in [6, 6.07) is 5.51. The van der Waals surface area contributed by atoms with Crippen LogP contribution in [0.25, 0.3) is 0 Å². The second-order valence-corrected chi connectivity index (χ2v) is 3.90. The van der Waals surface area contributed by atoms with Gasteiger partial charge in [-0.15, -0.1) is 0 Å². The third-order valence-corrected chi connectivity index (χ3v) is 2.13. The Morgan fingerprint density at radius 3 is 2.76 bits per heavy atom. The van der Waals surface area contributed by atoms with E-state index in [0.717, 1.165) is 4.90 Å². The van der Waals surface area contributed by atoms with E-state index in [1.54, 1.807) is 0 Å². The van der Waals surface area contributed by atoms with Crippen LogP contribution in [0.3, 0.4) is 0 Å². The lowest BCUT2D eigenvalue weighted by molar-refractivity contribution is -0.858. The fourth-order valence-corrected chi connectivity index (χ4v) is 1.18. The first-order valence-electron chi connectivity index (χ1n) is 5.21. The van der Waals surface area contributed by atoms with Crippen molar-refractivity contribution in [2.24, 2.45) is 0 Å². The number of carbonyl (C=O) groups excluding carboxylic acids is 1. The van der Waals surface area contributed by atoms with Crippen molar-refractivity contribution in [2.45, 2.75) is 0 Å². The van der Waals surface area contributed by atoms with Gasteiger partial charge in [0.25, 0.3) is 5.69 Å². The number of nitrogens with one attached hydrogen (secondary N) is 1. The van der Waals surface area contributed by atoms with Gasteiger partial charge in [-0.3, -0.25) is 10.1 Å². The van der Waals surface area contributed by atoms with Crippen LogP contribution in [0.15, 0.2) is 24.3 Å². The highest BCUT2D eigenvalue weighted by Gasteiger charge is 2.12. The van der Waals surface area contributed by atoms with E-state index in [1.165, 1.54) is 24.3 Å². The first-order chi connectivity index (χ1) is 8.00. The highest BCUT2D eigenvalue weighted by molar-refractivity contribution is 5.90. The molecule has 0 spiro atoms. The Bertz CT molecular complexity index is 418. The first-order valence-corrected chi connectivity index (χ1v) is 5.21. The van der Waals surface area contributed by atoms with Crippen LogP contribution in [0.1, 0.15) is 10.4 Å². The quantitative estimate of drug-likeness (QED) is 0.442. The van der Waals surface area contributed by atoms with E-state index < -0.39 is 10.9 Å².